The predicted octanol–water partition coefficient (Wildman–Crippen LogP) is 3.54. The molecule has 2 aromatic carbocycles. The first-order valence-electron chi connectivity index (χ1n) is 8.46. The fourth-order valence-electron chi connectivity index (χ4n) is 4.19. The Morgan fingerprint density at radius 1 is 0.636 bits per heavy atom. The predicted molar refractivity (Wildman–Crippen MR) is 90.5 cm³/mol. The second kappa shape index (κ2) is 6.23. The monoisotopic (exact) mass is 292 g/mol. The Hall–Kier alpha value is -1.64. The van der Waals surface area contributed by atoms with Crippen LogP contribution in [0.1, 0.15) is 24.0 Å². The highest BCUT2D eigenvalue weighted by molar-refractivity contribution is 5.17. The molecule has 4 rings (SSSR count). The molecular formula is C20H24N2. The van der Waals surface area contributed by atoms with Gasteiger partial charge in [0.15, 0.2) is 0 Å². The highest BCUT2D eigenvalue weighted by atomic mass is 15.3. The van der Waals surface area contributed by atoms with Crippen LogP contribution in [-0.2, 0) is 13.1 Å². The fraction of sp³-hybridized carbons (Fsp3) is 0.400. The third kappa shape index (κ3) is 2.81. The molecule has 2 heteroatoms. The number of benzene rings is 2. The van der Waals surface area contributed by atoms with Crippen LogP contribution in [0.4, 0.5) is 0 Å². The van der Waals surface area contributed by atoms with Crippen LogP contribution in [0.3, 0.4) is 0 Å². The maximum absolute atomic E-state index is 2.70. The zero-order chi connectivity index (χ0) is 14.8. The first-order chi connectivity index (χ1) is 10.9. The van der Waals surface area contributed by atoms with Gasteiger partial charge in [0, 0.05) is 38.3 Å². The fourth-order valence-corrected chi connectivity index (χ4v) is 4.19. The van der Waals surface area contributed by atoms with Crippen molar-refractivity contribution in [3.05, 3.63) is 71.8 Å². The summed E-state index contributed by atoms with van der Waals surface area (Å²) >= 11 is 0. The number of fused-ring (bicyclic) bond motifs is 1. The number of nitrogens with zero attached hydrogens (tertiary/aromatic N) is 2. The van der Waals surface area contributed by atoms with Gasteiger partial charge < -0.3 is 0 Å². The van der Waals surface area contributed by atoms with Crippen molar-refractivity contribution in [1.29, 1.82) is 0 Å². The van der Waals surface area contributed by atoms with Crippen LogP contribution < -0.4 is 0 Å². The van der Waals surface area contributed by atoms with Crippen LogP contribution in [0.15, 0.2) is 60.7 Å². The SMILES string of the molecule is c1ccc(CN2CCC3C2CCN3Cc2ccccc2)cc1. The highest BCUT2D eigenvalue weighted by Crippen LogP contribution is 2.33. The second-order valence-electron chi connectivity index (χ2n) is 6.62. The van der Waals surface area contributed by atoms with Crippen molar-refractivity contribution < 1.29 is 0 Å². The summed E-state index contributed by atoms with van der Waals surface area (Å²) in [7, 11) is 0. The number of rotatable bonds is 4. The van der Waals surface area contributed by atoms with Crippen LogP contribution >= 0.6 is 0 Å². The number of likely N-dealkylation sites (tertiary alicyclic amines) is 2. The Morgan fingerprint density at radius 2 is 1.05 bits per heavy atom. The molecule has 2 saturated heterocycles. The van der Waals surface area contributed by atoms with E-state index in [1.54, 1.807) is 0 Å². The van der Waals surface area contributed by atoms with Crippen LogP contribution in [0, 0.1) is 0 Å². The molecule has 0 spiro atoms. The Kier molecular flexibility index (Phi) is 3.96. The number of hydrogen-bond donors (Lipinski definition) is 0. The van der Waals surface area contributed by atoms with Gasteiger partial charge in [-0.3, -0.25) is 9.80 Å². The molecular weight excluding hydrogens is 268 g/mol. The molecule has 2 aliphatic rings. The topological polar surface area (TPSA) is 6.48 Å². The van der Waals surface area contributed by atoms with Crippen LogP contribution in [0.5, 0.6) is 0 Å². The zero-order valence-corrected chi connectivity index (χ0v) is 13.1. The van der Waals surface area contributed by atoms with Gasteiger partial charge in [-0.25, -0.2) is 0 Å². The molecule has 0 N–H and O–H groups in total. The van der Waals surface area contributed by atoms with E-state index in [-0.39, 0.29) is 0 Å². The van der Waals surface area contributed by atoms with E-state index in [2.05, 4.69) is 70.5 Å². The van der Waals surface area contributed by atoms with Crippen molar-refractivity contribution in [3.8, 4) is 0 Å². The molecule has 0 saturated carbocycles. The summed E-state index contributed by atoms with van der Waals surface area (Å²) in [6.45, 7) is 4.72. The molecule has 2 fully saturated rings. The van der Waals surface area contributed by atoms with Crippen molar-refractivity contribution in [1.82, 2.24) is 9.80 Å². The quantitative estimate of drug-likeness (QED) is 0.850. The molecule has 2 heterocycles. The summed E-state index contributed by atoms with van der Waals surface area (Å²) in [5.41, 5.74) is 2.90. The van der Waals surface area contributed by atoms with Crippen molar-refractivity contribution in [2.24, 2.45) is 0 Å². The van der Waals surface area contributed by atoms with Gasteiger partial charge in [0.05, 0.1) is 0 Å². The largest absolute Gasteiger partial charge is 0.294 e. The summed E-state index contributed by atoms with van der Waals surface area (Å²) < 4.78 is 0. The molecule has 2 aromatic rings. The van der Waals surface area contributed by atoms with Gasteiger partial charge in [-0.1, -0.05) is 60.7 Å². The minimum Gasteiger partial charge on any atom is -0.294 e. The molecule has 2 nitrogen and oxygen atoms in total. The third-order valence-corrected chi connectivity index (χ3v) is 5.26. The molecule has 0 aliphatic carbocycles. The van der Waals surface area contributed by atoms with E-state index in [0.29, 0.717) is 0 Å². The Morgan fingerprint density at radius 3 is 1.45 bits per heavy atom. The molecule has 2 aliphatic heterocycles. The minimum atomic E-state index is 0.754. The lowest BCUT2D eigenvalue weighted by Gasteiger charge is -2.25. The minimum absolute atomic E-state index is 0.754. The number of hydrogen-bond acceptors (Lipinski definition) is 2. The molecule has 0 radical (unpaired) electrons. The maximum Gasteiger partial charge on any atom is 0.0267 e. The van der Waals surface area contributed by atoms with Crippen molar-refractivity contribution >= 4 is 0 Å². The van der Waals surface area contributed by atoms with Gasteiger partial charge in [0.1, 0.15) is 0 Å². The molecule has 0 aromatic heterocycles. The molecule has 22 heavy (non-hydrogen) atoms. The van der Waals surface area contributed by atoms with E-state index in [1.807, 2.05) is 0 Å². The van der Waals surface area contributed by atoms with E-state index in [0.717, 1.165) is 25.2 Å². The van der Waals surface area contributed by atoms with Crippen LogP contribution in [0.25, 0.3) is 0 Å². The van der Waals surface area contributed by atoms with E-state index in [1.165, 1.54) is 37.1 Å². The summed E-state index contributed by atoms with van der Waals surface area (Å²) in [6, 6.07) is 23.3. The molecule has 2 atom stereocenters. The van der Waals surface area contributed by atoms with Gasteiger partial charge in [0.25, 0.3) is 0 Å². The normalized spacial score (nSPS) is 25.5. The first kappa shape index (κ1) is 14.0. The van der Waals surface area contributed by atoms with Crippen molar-refractivity contribution in [2.75, 3.05) is 13.1 Å². The Labute approximate surface area is 133 Å². The van der Waals surface area contributed by atoms with E-state index in [4.69, 9.17) is 0 Å². The van der Waals surface area contributed by atoms with Gasteiger partial charge >= 0.3 is 0 Å². The summed E-state index contributed by atoms with van der Waals surface area (Å²) in [4.78, 5) is 5.40. The van der Waals surface area contributed by atoms with E-state index >= 15 is 0 Å². The van der Waals surface area contributed by atoms with Gasteiger partial charge in [-0.15, -0.1) is 0 Å². The average molecular weight is 292 g/mol. The Bertz CT molecular complexity index is 540. The average Bonchev–Trinajstić information content (AvgIpc) is 3.14. The highest BCUT2D eigenvalue weighted by Gasteiger charge is 2.41. The zero-order valence-electron chi connectivity index (χ0n) is 13.1. The lowest BCUT2D eigenvalue weighted by Crippen LogP contribution is -2.35. The van der Waals surface area contributed by atoms with Gasteiger partial charge in [-0.05, 0) is 24.0 Å². The van der Waals surface area contributed by atoms with Crippen LogP contribution in [0.2, 0.25) is 0 Å². The molecule has 2 unspecified atom stereocenters. The maximum atomic E-state index is 2.70. The Balaban J connectivity index is 1.41. The van der Waals surface area contributed by atoms with Gasteiger partial charge in [0.2, 0.25) is 0 Å². The second-order valence-corrected chi connectivity index (χ2v) is 6.62. The molecule has 0 bridgehead atoms. The van der Waals surface area contributed by atoms with E-state index in [9.17, 15) is 0 Å². The van der Waals surface area contributed by atoms with Crippen LogP contribution in [-0.4, -0.2) is 35.0 Å². The van der Waals surface area contributed by atoms with E-state index < -0.39 is 0 Å². The third-order valence-electron chi connectivity index (χ3n) is 5.26. The standard InChI is InChI=1S/C20H24N2/c1-3-7-17(8-4-1)15-21-13-11-20-19(21)12-14-22(20)16-18-9-5-2-6-10-18/h1-10,19-20H,11-16H2. The summed E-state index contributed by atoms with van der Waals surface area (Å²) in [5, 5.41) is 0. The summed E-state index contributed by atoms with van der Waals surface area (Å²) in [6.07, 6.45) is 2.65. The molecule has 114 valence electrons. The summed E-state index contributed by atoms with van der Waals surface area (Å²) in [5.74, 6) is 0. The lowest BCUT2D eigenvalue weighted by atomic mass is 10.1. The molecule has 0 amide bonds. The smallest absolute Gasteiger partial charge is 0.0267 e. The lowest BCUT2D eigenvalue weighted by molar-refractivity contribution is 0.212. The van der Waals surface area contributed by atoms with Crippen molar-refractivity contribution in [3.63, 3.8) is 0 Å². The van der Waals surface area contributed by atoms with Crippen molar-refractivity contribution in [2.45, 2.75) is 38.0 Å². The van der Waals surface area contributed by atoms with Gasteiger partial charge in [-0.2, -0.15) is 0 Å². The first-order valence-corrected chi connectivity index (χ1v) is 8.46.